The van der Waals surface area contributed by atoms with Gasteiger partial charge in [-0.2, -0.15) is 0 Å². The highest BCUT2D eigenvalue weighted by molar-refractivity contribution is 7.67. The normalized spacial score (nSPS) is 10.9. The fraction of sp³-hybridized carbons (Fsp3) is 0.438. The van der Waals surface area contributed by atoms with E-state index in [1.807, 2.05) is 19.9 Å². The molecule has 5 aromatic heterocycles. The molecule has 37 nitrogen and oxygen atoms in total. The van der Waals surface area contributed by atoms with Crippen LogP contribution in [-0.2, 0) is 75.9 Å². The lowest BCUT2D eigenvalue weighted by molar-refractivity contribution is -0.138. The molecule has 39 heteroatoms. The smallest absolute Gasteiger partial charge is 0.328 e. The summed E-state index contributed by atoms with van der Waals surface area (Å²) in [4.78, 5) is 253. The molecule has 0 aliphatic carbocycles. The quantitative estimate of drug-likeness (QED) is 0.0193. The van der Waals surface area contributed by atoms with Crippen molar-refractivity contribution in [2.24, 2.45) is 5.73 Å². The lowest BCUT2D eigenvalue weighted by atomic mass is 10.3. The van der Waals surface area contributed by atoms with Gasteiger partial charge in [0.1, 0.15) is 26.2 Å². The number of nitrogens with two attached hydrogens (primary N) is 1. The molecule has 0 radical (unpaired) electrons. The average molecular weight is 1260 g/mol. The molecule has 0 aliphatic heterocycles. The maximum absolute atomic E-state index is 13.9. The van der Waals surface area contributed by atoms with Gasteiger partial charge >= 0.3 is 32.5 Å². The molecule has 87 heavy (non-hydrogen) atoms. The Bertz CT molecular complexity index is 4070. The number of aryl methyl sites for hydroxylation is 4. The first-order chi connectivity index (χ1) is 41.0. The number of primary amides is 1. The first-order valence-electron chi connectivity index (χ1n) is 25.9. The predicted molar refractivity (Wildman–Crippen MR) is 305 cm³/mol. The van der Waals surface area contributed by atoms with E-state index in [2.05, 4.69) is 21.3 Å². The van der Waals surface area contributed by atoms with Crippen molar-refractivity contribution in [3.8, 4) is 0 Å². The van der Waals surface area contributed by atoms with Crippen LogP contribution in [0.25, 0.3) is 0 Å². The highest BCUT2D eigenvalue weighted by atomic mass is 32.9. The molecule has 5 heterocycles. The van der Waals surface area contributed by atoms with Crippen molar-refractivity contribution in [3.63, 3.8) is 0 Å². The van der Waals surface area contributed by atoms with E-state index in [-0.39, 0.29) is 28.8 Å². The molecule has 0 atom stereocenters. The molecule has 10 N–H and O–H groups in total. The van der Waals surface area contributed by atoms with Crippen molar-refractivity contribution in [1.29, 1.82) is 0 Å². The Morgan fingerprint density at radius 1 is 0.414 bits per heavy atom. The van der Waals surface area contributed by atoms with Crippen molar-refractivity contribution < 1.29 is 43.2 Å². The predicted octanol–water partition coefficient (Wildman–Crippen LogP) is -9.97. The van der Waals surface area contributed by atoms with Crippen LogP contribution in [0.1, 0.15) is 22.3 Å². The molecule has 468 valence electrons. The van der Waals surface area contributed by atoms with E-state index in [0.29, 0.717) is 20.7 Å². The summed E-state index contributed by atoms with van der Waals surface area (Å²) >= 11 is 0. The third kappa shape index (κ3) is 20.1. The number of H-pyrrole nitrogens is 4. The van der Waals surface area contributed by atoms with Crippen LogP contribution < -0.4 is 81.7 Å². The molecule has 5 rings (SSSR count). The second kappa shape index (κ2) is 30.9. The molecule has 0 bridgehead atoms. The molecule has 0 aliphatic rings. The minimum atomic E-state index is -0.992. The van der Waals surface area contributed by atoms with Crippen molar-refractivity contribution in [3.05, 3.63) is 150 Å². The monoisotopic (exact) mass is 1260 g/mol. The van der Waals surface area contributed by atoms with Gasteiger partial charge in [-0.3, -0.25) is 115 Å². The molecule has 0 aromatic carbocycles. The van der Waals surface area contributed by atoms with E-state index in [0.717, 1.165) is 67.2 Å². The minimum absolute atomic E-state index is 0.0376. The van der Waals surface area contributed by atoms with Crippen molar-refractivity contribution in [2.75, 3.05) is 78.5 Å². The SMILES string of the molecule is Cc1cn(CC(=O)N(CCNC(=O)CN(CCn2c(=O)ssc2=O)C(=O)Cn2cc(C)c(=O)[nH]c2=O)CC(=O)NCCN(CC(=O)NCCN(CC(=O)NCC(N)=O)C(=O)Cn2cc(C)c(=O)[nH]c2=O)C(=O)Cn2cc(C)c(=O)[nH]c2=O)c(=O)[nH]c1=O. The fourth-order valence-electron chi connectivity index (χ4n) is 7.83. The maximum Gasteiger partial charge on any atom is 0.328 e. The largest absolute Gasteiger partial charge is 0.368 e. The lowest BCUT2D eigenvalue weighted by Crippen LogP contribution is -2.50. The van der Waals surface area contributed by atoms with Crippen LogP contribution in [0.5, 0.6) is 0 Å². The Hall–Kier alpha value is -10.5. The zero-order valence-electron chi connectivity index (χ0n) is 47.0. The average Bonchev–Trinajstić information content (AvgIpc) is 3.59. The van der Waals surface area contributed by atoms with Gasteiger partial charge in [-0.05, 0) is 48.4 Å². The van der Waals surface area contributed by atoms with Gasteiger partial charge in [0.2, 0.25) is 53.2 Å². The third-order valence-corrected chi connectivity index (χ3v) is 14.4. The molecule has 0 fully saturated rings. The standard InChI is InChI=1S/C48H60N18O19S2/c1-26-14-62(43(80)54-39(26)76)22-35(72)58(19-32(69)51-7-10-60(21-34(71)53-13-30(49)67)37(74)24-64-16-28(3)41(78)56-45(64)82)8-5-50-31(68)18-59(36(73)23-63-15-27(2)40(77)55-44(63)81)9-6-52-33(70)20-61(11-12-66-47(84)86-87-48(66)85)38(75)25-65-17-29(4)42(79)57-46(65)83/h14-17H,5-13,18-25H2,1-4H3,(H2,49,67)(H,50,68)(H,51,69)(H,52,70)(H,53,71)(H,54,76,80)(H,55,77,81)(H,56,78,82)(H,57,79,83). The summed E-state index contributed by atoms with van der Waals surface area (Å²) in [6.45, 7) is -4.46. The molecular formula is C48H60N18O19S2. The lowest BCUT2D eigenvalue weighted by Gasteiger charge is -2.26. The van der Waals surface area contributed by atoms with Crippen molar-refractivity contribution in [1.82, 2.24) is 83.6 Å². The number of nitrogens with one attached hydrogen (secondary N) is 8. The summed E-state index contributed by atoms with van der Waals surface area (Å²) in [5.41, 5.74) is -1.45. The van der Waals surface area contributed by atoms with E-state index >= 15 is 0 Å². The van der Waals surface area contributed by atoms with E-state index in [9.17, 15) is 91.1 Å². The summed E-state index contributed by atoms with van der Waals surface area (Å²) in [7, 11) is 1.29. The van der Waals surface area contributed by atoms with Crippen LogP contribution in [0, 0.1) is 27.7 Å². The highest BCUT2D eigenvalue weighted by Gasteiger charge is 2.25. The Labute approximate surface area is 493 Å². The first-order valence-corrected chi connectivity index (χ1v) is 28.0. The van der Waals surface area contributed by atoms with E-state index < -0.39 is 213 Å². The number of hydrogen-bond acceptors (Lipinski definition) is 21. The van der Waals surface area contributed by atoms with E-state index in [4.69, 9.17) is 5.73 Å². The number of hydrogen-bond donors (Lipinski definition) is 9. The molecule has 5 aromatic rings. The zero-order valence-corrected chi connectivity index (χ0v) is 48.6. The van der Waals surface area contributed by atoms with Crippen LogP contribution in [0.4, 0.5) is 0 Å². The first kappa shape index (κ1) is 67.3. The Kier molecular flexibility index (Phi) is 23.9. The minimum Gasteiger partial charge on any atom is -0.368 e. The number of carbonyl (C=O) groups is 9. The number of aromatic amines is 4. The summed E-state index contributed by atoms with van der Waals surface area (Å²) in [6.07, 6.45) is 4.39. The number of carbonyl (C=O) groups excluding carboxylic acids is 9. The van der Waals surface area contributed by atoms with Gasteiger partial charge < -0.3 is 46.6 Å². The van der Waals surface area contributed by atoms with Crippen molar-refractivity contribution in [2.45, 2.75) is 60.4 Å². The Morgan fingerprint density at radius 3 is 0.931 bits per heavy atom. The molecule has 0 saturated heterocycles. The second-order valence-electron chi connectivity index (χ2n) is 19.2. The van der Waals surface area contributed by atoms with Gasteiger partial charge in [0, 0.05) is 99.4 Å². The number of aromatic nitrogens is 9. The van der Waals surface area contributed by atoms with Gasteiger partial charge in [-0.15, -0.1) is 0 Å². The number of rotatable bonds is 30. The van der Waals surface area contributed by atoms with Gasteiger partial charge in [-0.25, -0.2) is 19.2 Å². The van der Waals surface area contributed by atoms with Gasteiger partial charge in [-0.1, -0.05) is 0 Å². The summed E-state index contributed by atoms with van der Waals surface area (Å²) in [5, 5.41) is 9.64. The molecule has 0 saturated carbocycles. The molecule has 0 spiro atoms. The van der Waals surface area contributed by atoms with Crippen molar-refractivity contribution >= 4 is 73.8 Å². The fourth-order valence-corrected chi connectivity index (χ4v) is 9.52. The van der Waals surface area contributed by atoms with Crippen LogP contribution in [-0.4, -0.2) is 194 Å². The highest BCUT2D eigenvalue weighted by Crippen LogP contribution is 2.01. The second-order valence-corrected chi connectivity index (χ2v) is 21.2. The third-order valence-electron chi connectivity index (χ3n) is 12.5. The maximum atomic E-state index is 13.9. The van der Waals surface area contributed by atoms with E-state index in [1.54, 1.807) is 0 Å². The number of amides is 9. The Balaban J connectivity index is 1.30. The Morgan fingerprint density at radius 2 is 0.667 bits per heavy atom. The van der Waals surface area contributed by atoms with Crippen LogP contribution in [0.2, 0.25) is 0 Å². The van der Waals surface area contributed by atoms with Gasteiger partial charge in [0.15, 0.2) is 0 Å². The summed E-state index contributed by atoms with van der Waals surface area (Å²) in [5.74, 6) is -8.00. The summed E-state index contributed by atoms with van der Waals surface area (Å²) in [6, 6.07) is 0. The van der Waals surface area contributed by atoms with Crippen LogP contribution >= 0.6 is 20.7 Å². The van der Waals surface area contributed by atoms with Gasteiger partial charge in [0.05, 0.1) is 32.7 Å². The van der Waals surface area contributed by atoms with Crippen LogP contribution in [0.15, 0.2) is 72.7 Å². The summed E-state index contributed by atoms with van der Waals surface area (Å²) < 4.78 is 4.25. The number of nitrogens with zero attached hydrogens (tertiary/aromatic N) is 9. The molecule has 0 unspecified atom stereocenters. The zero-order chi connectivity index (χ0) is 64.4. The molecule has 9 amide bonds. The van der Waals surface area contributed by atoms with Crippen LogP contribution in [0.3, 0.4) is 0 Å². The van der Waals surface area contributed by atoms with Gasteiger partial charge in [0.25, 0.3) is 22.2 Å². The molecular weight excluding hydrogens is 1200 g/mol. The topological polar surface area (TPSA) is 499 Å². The van der Waals surface area contributed by atoms with E-state index in [1.165, 1.54) is 27.7 Å².